The molecule has 1 fully saturated rings. The Bertz CT molecular complexity index is 126. The Morgan fingerprint density at radius 3 is 2.67 bits per heavy atom. The number of halogens is 2. The van der Waals surface area contributed by atoms with Crippen molar-refractivity contribution in [3.63, 3.8) is 0 Å². The van der Waals surface area contributed by atoms with Gasteiger partial charge in [0.05, 0.1) is 6.61 Å². The van der Waals surface area contributed by atoms with Crippen LogP contribution in [0.5, 0.6) is 0 Å². The Labute approximate surface area is 70.2 Å². The lowest BCUT2D eigenvalue weighted by Gasteiger charge is -2.01. The molecule has 2 unspecified atom stereocenters. The van der Waals surface area contributed by atoms with Gasteiger partial charge in [0.1, 0.15) is 4.83 Å². The van der Waals surface area contributed by atoms with Gasteiger partial charge in [0.2, 0.25) is 0 Å². The van der Waals surface area contributed by atoms with E-state index in [4.69, 9.17) is 4.74 Å². The van der Waals surface area contributed by atoms with Gasteiger partial charge in [0, 0.05) is 11.2 Å². The number of hydrogen-bond donors (Lipinski definition) is 0. The molecular weight excluding hydrogens is 252 g/mol. The summed E-state index contributed by atoms with van der Waals surface area (Å²) < 4.78 is 4.75. The van der Waals surface area contributed by atoms with Crippen molar-refractivity contribution in [1.29, 1.82) is 0 Å². The second-order valence-corrected chi connectivity index (χ2v) is 3.58. The Balaban J connectivity index is 2.51. The Hall–Kier alpha value is 0.430. The minimum absolute atomic E-state index is 0.100. The van der Waals surface area contributed by atoms with Gasteiger partial charge in [-0.05, 0) is 0 Å². The molecule has 0 bridgehead atoms. The third-order valence-corrected chi connectivity index (χ3v) is 3.23. The molecule has 0 radical (unpaired) electrons. The van der Waals surface area contributed by atoms with Crippen LogP contribution in [-0.4, -0.2) is 22.7 Å². The van der Waals surface area contributed by atoms with Gasteiger partial charge in [-0.15, -0.1) is 0 Å². The normalized spacial score (nSPS) is 34.7. The molecule has 0 N–H and O–H groups in total. The Morgan fingerprint density at radius 2 is 2.44 bits per heavy atom. The summed E-state index contributed by atoms with van der Waals surface area (Å²) in [5, 5.41) is 0.814. The summed E-state index contributed by atoms with van der Waals surface area (Å²) >= 11 is 6.51. The van der Waals surface area contributed by atoms with Gasteiger partial charge in [-0.3, -0.25) is 4.79 Å². The molecule has 1 heterocycles. The van der Waals surface area contributed by atoms with Crippen molar-refractivity contribution in [2.45, 2.75) is 4.83 Å². The number of carbonyl (C=O) groups is 1. The maximum absolute atomic E-state index is 10.7. The fourth-order valence-electron chi connectivity index (χ4n) is 0.668. The highest BCUT2D eigenvalue weighted by Gasteiger charge is 2.33. The fourth-order valence-corrected chi connectivity index (χ4v) is 2.20. The molecule has 4 heteroatoms. The predicted octanol–water partition coefficient (Wildman–Crippen LogP) is 1.32. The summed E-state index contributed by atoms with van der Waals surface area (Å²) in [6.45, 7) is 0.542. The lowest BCUT2D eigenvalue weighted by atomic mass is 10.2. The molecular formula is C5H6Br2O2. The minimum atomic E-state index is -0.139. The second-order valence-electron chi connectivity index (χ2n) is 1.95. The zero-order valence-electron chi connectivity index (χ0n) is 4.64. The van der Waals surface area contributed by atoms with Gasteiger partial charge >= 0.3 is 5.97 Å². The average molecular weight is 258 g/mol. The second kappa shape index (κ2) is 3.01. The molecule has 1 saturated heterocycles. The van der Waals surface area contributed by atoms with Crippen molar-refractivity contribution >= 4 is 37.8 Å². The summed E-state index contributed by atoms with van der Waals surface area (Å²) in [5.41, 5.74) is 0. The van der Waals surface area contributed by atoms with Crippen LogP contribution in [0.15, 0.2) is 0 Å². The Kier molecular flexibility index (Phi) is 2.52. The number of carbonyl (C=O) groups excluding carboxylic acids is 1. The highest BCUT2D eigenvalue weighted by atomic mass is 79.9. The molecule has 0 spiro atoms. The third kappa shape index (κ3) is 1.46. The quantitative estimate of drug-likeness (QED) is 0.523. The van der Waals surface area contributed by atoms with Crippen LogP contribution in [0.1, 0.15) is 0 Å². The van der Waals surface area contributed by atoms with E-state index in [0.717, 1.165) is 5.33 Å². The standard InChI is InChI=1S/C5H6Br2O2/c6-1-3-2-9-5(8)4(3)7/h3-4H,1-2H2. The first-order valence-corrected chi connectivity index (χ1v) is 4.66. The predicted molar refractivity (Wildman–Crippen MR) is 41.0 cm³/mol. The molecule has 0 saturated carbocycles. The monoisotopic (exact) mass is 256 g/mol. The first-order valence-electron chi connectivity index (χ1n) is 2.62. The average Bonchev–Trinajstić information content (AvgIpc) is 2.15. The van der Waals surface area contributed by atoms with E-state index in [1.54, 1.807) is 0 Å². The van der Waals surface area contributed by atoms with E-state index in [9.17, 15) is 4.79 Å². The third-order valence-electron chi connectivity index (χ3n) is 1.28. The van der Waals surface area contributed by atoms with Crippen molar-refractivity contribution in [3.8, 4) is 0 Å². The van der Waals surface area contributed by atoms with Crippen molar-refractivity contribution in [2.24, 2.45) is 5.92 Å². The summed E-state index contributed by atoms with van der Waals surface area (Å²) in [6, 6.07) is 0. The van der Waals surface area contributed by atoms with Crippen LogP contribution in [0, 0.1) is 5.92 Å². The fraction of sp³-hybridized carbons (Fsp3) is 0.800. The van der Waals surface area contributed by atoms with E-state index in [1.165, 1.54) is 0 Å². The van der Waals surface area contributed by atoms with Gasteiger partial charge in [0.25, 0.3) is 0 Å². The first kappa shape index (κ1) is 7.54. The zero-order valence-corrected chi connectivity index (χ0v) is 7.81. The largest absolute Gasteiger partial charge is 0.464 e. The molecule has 0 amide bonds. The van der Waals surface area contributed by atoms with Crippen molar-refractivity contribution in [3.05, 3.63) is 0 Å². The van der Waals surface area contributed by atoms with Crippen LogP contribution >= 0.6 is 31.9 Å². The molecule has 1 aliphatic rings. The van der Waals surface area contributed by atoms with Gasteiger partial charge in [-0.1, -0.05) is 31.9 Å². The van der Waals surface area contributed by atoms with E-state index in [2.05, 4.69) is 31.9 Å². The van der Waals surface area contributed by atoms with Crippen LogP contribution in [-0.2, 0) is 9.53 Å². The molecule has 1 aliphatic heterocycles. The molecule has 2 nitrogen and oxygen atoms in total. The lowest BCUT2D eigenvalue weighted by Crippen LogP contribution is -2.15. The molecule has 9 heavy (non-hydrogen) atoms. The molecule has 2 atom stereocenters. The van der Waals surface area contributed by atoms with Crippen molar-refractivity contribution in [2.75, 3.05) is 11.9 Å². The number of alkyl halides is 2. The molecule has 1 rings (SSSR count). The molecule has 0 aromatic carbocycles. The highest BCUT2D eigenvalue weighted by molar-refractivity contribution is 9.10. The van der Waals surface area contributed by atoms with Crippen LogP contribution in [0.4, 0.5) is 0 Å². The van der Waals surface area contributed by atoms with Gasteiger partial charge in [-0.2, -0.15) is 0 Å². The summed E-state index contributed by atoms with van der Waals surface area (Å²) in [6.07, 6.45) is 0. The van der Waals surface area contributed by atoms with Crippen molar-refractivity contribution < 1.29 is 9.53 Å². The van der Waals surface area contributed by atoms with Gasteiger partial charge < -0.3 is 4.74 Å². The highest BCUT2D eigenvalue weighted by Crippen LogP contribution is 2.23. The summed E-state index contributed by atoms with van der Waals surface area (Å²) in [5.74, 6) is 0.164. The molecule has 0 aromatic rings. The zero-order chi connectivity index (χ0) is 6.85. The minimum Gasteiger partial charge on any atom is -0.464 e. The number of rotatable bonds is 1. The van der Waals surface area contributed by atoms with Crippen LogP contribution in [0.3, 0.4) is 0 Å². The first-order chi connectivity index (χ1) is 4.25. The van der Waals surface area contributed by atoms with E-state index in [-0.39, 0.29) is 10.8 Å². The SMILES string of the molecule is O=C1OCC(CBr)C1Br. The van der Waals surface area contributed by atoms with Crippen LogP contribution in [0.25, 0.3) is 0 Å². The molecule has 52 valence electrons. The van der Waals surface area contributed by atoms with Crippen molar-refractivity contribution in [1.82, 2.24) is 0 Å². The number of ether oxygens (including phenoxy) is 1. The number of hydrogen-bond acceptors (Lipinski definition) is 2. The molecule has 0 aromatic heterocycles. The van der Waals surface area contributed by atoms with E-state index in [1.807, 2.05) is 0 Å². The smallest absolute Gasteiger partial charge is 0.320 e. The number of esters is 1. The van der Waals surface area contributed by atoms with Crippen LogP contribution in [0.2, 0.25) is 0 Å². The maximum atomic E-state index is 10.7. The van der Waals surface area contributed by atoms with Gasteiger partial charge in [-0.25, -0.2) is 0 Å². The van der Waals surface area contributed by atoms with E-state index < -0.39 is 0 Å². The maximum Gasteiger partial charge on any atom is 0.320 e. The topological polar surface area (TPSA) is 26.3 Å². The van der Waals surface area contributed by atoms with Gasteiger partial charge in [0.15, 0.2) is 0 Å². The Morgan fingerprint density at radius 1 is 1.78 bits per heavy atom. The van der Waals surface area contributed by atoms with Crippen LogP contribution < -0.4 is 0 Å². The van der Waals surface area contributed by atoms with E-state index >= 15 is 0 Å². The van der Waals surface area contributed by atoms with E-state index in [0.29, 0.717) is 12.5 Å². The number of cyclic esters (lactones) is 1. The lowest BCUT2D eigenvalue weighted by molar-refractivity contribution is -0.137. The summed E-state index contributed by atoms with van der Waals surface area (Å²) in [4.78, 5) is 10.6. The molecule has 0 aliphatic carbocycles. The summed E-state index contributed by atoms with van der Waals surface area (Å²) in [7, 11) is 0.